The summed E-state index contributed by atoms with van der Waals surface area (Å²) >= 11 is 0. The van der Waals surface area contributed by atoms with E-state index in [0.717, 1.165) is 34.1 Å². The number of hydrogen-bond donors (Lipinski definition) is 1. The van der Waals surface area contributed by atoms with Crippen molar-refractivity contribution in [2.45, 2.75) is 6.92 Å². The van der Waals surface area contributed by atoms with E-state index in [1.807, 2.05) is 78.2 Å². The molecule has 0 aliphatic heterocycles. The molecule has 2 aromatic carbocycles. The maximum Gasteiger partial charge on any atom is 0.247 e. The summed E-state index contributed by atoms with van der Waals surface area (Å²) in [5.41, 5.74) is 3.68. The van der Waals surface area contributed by atoms with Crippen LogP contribution in [0.1, 0.15) is 6.92 Å². The summed E-state index contributed by atoms with van der Waals surface area (Å²) in [5.74, 6) is 2.20. The van der Waals surface area contributed by atoms with Gasteiger partial charge >= 0.3 is 0 Å². The molecule has 0 aliphatic rings. The minimum absolute atomic E-state index is 0.542. The highest BCUT2D eigenvalue weighted by Gasteiger charge is 2.09. The van der Waals surface area contributed by atoms with Gasteiger partial charge in [-0.05, 0) is 67.6 Å². The molecule has 0 fully saturated rings. The second kappa shape index (κ2) is 7.37. The quantitative estimate of drug-likeness (QED) is 0.547. The number of ether oxygens (including phenoxy) is 2. The van der Waals surface area contributed by atoms with Crippen LogP contribution in [0.4, 0.5) is 11.6 Å². The predicted octanol–water partition coefficient (Wildman–Crippen LogP) is 4.55. The lowest BCUT2D eigenvalue weighted by molar-refractivity contribution is 0.340. The fraction of sp³-hybridized carbons (Fsp3) is 0.143. The number of methoxy groups -OCH3 is 1. The first-order valence-corrected chi connectivity index (χ1v) is 8.77. The SMILES string of the molecule is CCOc1ccc(Nc2nc3cccc(-c4ccc(OC)cc4)n3n2)cc1. The number of pyridine rings is 1. The average molecular weight is 360 g/mol. The van der Waals surface area contributed by atoms with Gasteiger partial charge in [0.15, 0.2) is 5.65 Å². The Hall–Kier alpha value is -3.54. The van der Waals surface area contributed by atoms with Crippen LogP contribution in [0.5, 0.6) is 11.5 Å². The lowest BCUT2D eigenvalue weighted by Crippen LogP contribution is -1.96. The van der Waals surface area contributed by atoms with Crippen molar-refractivity contribution in [1.29, 1.82) is 0 Å². The molecule has 136 valence electrons. The van der Waals surface area contributed by atoms with E-state index in [4.69, 9.17) is 9.47 Å². The fourth-order valence-corrected chi connectivity index (χ4v) is 2.87. The van der Waals surface area contributed by atoms with E-state index < -0.39 is 0 Å². The predicted molar refractivity (Wildman–Crippen MR) is 106 cm³/mol. The van der Waals surface area contributed by atoms with Crippen molar-refractivity contribution in [2.24, 2.45) is 0 Å². The van der Waals surface area contributed by atoms with Crippen molar-refractivity contribution in [3.05, 3.63) is 66.7 Å². The minimum Gasteiger partial charge on any atom is -0.497 e. The molecule has 6 heteroatoms. The Labute approximate surface area is 157 Å². The van der Waals surface area contributed by atoms with Crippen molar-refractivity contribution in [3.8, 4) is 22.8 Å². The number of anilines is 2. The fourth-order valence-electron chi connectivity index (χ4n) is 2.87. The Bertz CT molecular complexity index is 1040. The van der Waals surface area contributed by atoms with Crippen LogP contribution in [0.2, 0.25) is 0 Å². The van der Waals surface area contributed by atoms with Crippen molar-refractivity contribution in [2.75, 3.05) is 19.0 Å². The zero-order chi connectivity index (χ0) is 18.6. The molecule has 0 amide bonds. The summed E-state index contributed by atoms with van der Waals surface area (Å²) in [6.07, 6.45) is 0. The molecular formula is C21H20N4O2. The van der Waals surface area contributed by atoms with Gasteiger partial charge in [0, 0.05) is 11.3 Å². The van der Waals surface area contributed by atoms with Gasteiger partial charge in [-0.15, -0.1) is 5.10 Å². The molecule has 0 saturated carbocycles. The number of benzene rings is 2. The molecule has 0 spiro atoms. The molecule has 0 saturated heterocycles. The summed E-state index contributed by atoms with van der Waals surface area (Å²) in [6.45, 7) is 2.61. The number of hydrogen-bond acceptors (Lipinski definition) is 5. The number of nitrogens with one attached hydrogen (secondary N) is 1. The van der Waals surface area contributed by atoms with Gasteiger partial charge in [-0.1, -0.05) is 6.07 Å². The second-order valence-corrected chi connectivity index (χ2v) is 5.93. The molecule has 6 nitrogen and oxygen atoms in total. The van der Waals surface area contributed by atoms with Crippen LogP contribution in [-0.4, -0.2) is 28.3 Å². The Kier molecular flexibility index (Phi) is 4.61. The van der Waals surface area contributed by atoms with Crippen molar-refractivity contribution in [3.63, 3.8) is 0 Å². The van der Waals surface area contributed by atoms with Gasteiger partial charge < -0.3 is 14.8 Å². The van der Waals surface area contributed by atoms with Crippen molar-refractivity contribution in [1.82, 2.24) is 14.6 Å². The van der Waals surface area contributed by atoms with Gasteiger partial charge in [0.1, 0.15) is 11.5 Å². The van der Waals surface area contributed by atoms with E-state index in [1.165, 1.54) is 0 Å². The van der Waals surface area contributed by atoms with Crippen LogP contribution in [0.3, 0.4) is 0 Å². The average Bonchev–Trinajstić information content (AvgIpc) is 3.12. The van der Waals surface area contributed by atoms with E-state index in [-0.39, 0.29) is 0 Å². The molecule has 2 heterocycles. The molecule has 1 N–H and O–H groups in total. The molecule has 4 rings (SSSR count). The Morgan fingerprint density at radius 3 is 2.37 bits per heavy atom. The van der Waals surface area contributed by atoms with E-state index in [2.05, 4.69) is 15.4 Å². The third-order valence-corrected chi connectivity index (χ3v) is 4.17. The monoisotopic (exact) mass is 360 g/mol. The normalized spacial score (nSPS) is 10.7. The third kappa shape index (κ3) is 3.55. The van der Waals surface area contributed by atoms with E-state index in [0.29, 0.717) is 12.6 Å². The highest BCUT2D eigenvalue weighted by Crippen LogP contribution is 2.24. The smallest absolute Gasteiger partial charge is 0.247 e. The number of aromatic nitrogens is 3. The lowest BCUT2D eigenvalue weighted by Gasteiger charge is -2.06. The summed E-state index contributed by atoms with van der Waals surface area (Å²) < 4.78 is 12.5. The highest BCUT2D eigenvalue weighted by atomic mass is 16.5. The summed E-state index contributed by atoms with van der Waals surface area (Å²) in [6, 6.07) is 21.5. The molecule has 0 aliphatic carbocycles. The topological polar surface area (TPSA) is 60.7 Å². The molecule has 4 aromatic rings. The van der Waals surface area contributed by atoms with E-state index in [9.17, 15) is 0 Å². The van der Waals surface area contributed by atoms with E-state index >= 15 is 0 Å². The van der Waals surface area contributed by atoms with Crippen LogP contribution >= 0.6 is 0 Å². The molecule has 0 unspecified atom stereocenters. The van der Waals surface area contributed by atoms with Gasteiger partial charge in [0.2, 0.25) is 5.95 Å². The summed E-state index contributed by atoms with van der Waals surface area (Å²) in [7, 11) is 1.66. The minimum atomic E-state index is 0.542. The Balaban J connectivity index is 1.63. The zero-order valence-electron chi connectivity index (χ0n) is 15.2. The second-order valence-electron chi connectivity index (χ2n) is 5.93. The first-order valence-electron chi connectivity index (χ1n) is 8.77. The first kappa shape index (κ1) is 16.9. The van der Waals surface area contributed by atoms with Crippen molar-refractivity contribution < 1.29 is 9.47 Å². The largest absolute Gasteiger partial charge is 0.497 e. The Morgan fingerprint density at radius 2 is 1.67 bits per heavy atom. The third-order valence-electron chi connectivity index (χ3n) is 4.17. The van der Waals surface area contributed by atoms with Gasteiger partial charge in [-0.25, -0.2) is 4.52 Å². The van der Waals surface area contributed by atoms with Gasteiger partial charge in [-0.3, -0.25) is 0 Å². The number of nitrogens with zero attached hydrogens (tertiary/aromatic N) is 3. The van der Waals surface area contributed by atoms with E-state index in [1.54, 1.807) is 7.11 Å². The Morgan fingerprint density at radius 1 is 0.926 bits per heavy atom. The van der Waals surface area contributed by atoms with Crippen molar-refractivity contribution >= 4 is 17.3 Å². The first-order chi connectivity index (χ1) is 13.3. The van der Waals surface area contributed by atoms with Crippen LogP contribution < -0.4 is 14.8 Å². The number of rotatable bonds is 6. The zero-order valence-corrected chi connectivity index (χ0v) is 15.2. The highest BCUT2D eigenvalue weighted by molar-refractivity contribution is 5.65. The molecule has 27 heavy (non-hydrogen) atoms. The van der Waals surface area contributed by atoms with Crippen LogP contribution in [0.25, 0.3) is 16.9 Å². The van der Waals surface area contributed by atoms with Crippen LogP contribution in [0.15, 0.2) is 66.7 Å². The molecule has 0 radical (unpaired) electrons. The molecule has 0 atom stereocenters. The van der Waals surface area contributed by atoms with Crippen LogP contribution in [0, 0.1) is 0 Å². The maximum absolute atomic E-state index is 5.47. The molecule has 2 aromatic heterocycles. The molecular weight excluding hydrogens is 340 g/mol. The lowest BCUT2D eigenvalue weighted by atomic mass is 10.1. The van der Waals surface area contributed by atoms with Crippen LogP contribution in [-0.2, 0) is 0 Å². The standard InChI is InChI=1S/C21H20N4O2/c1-3-27-18-13-9-16(10-14-18)22-21-23-20-6-4-5-19(25(20)24-21)15-7-11-17(26-2)12-8-15/h4-14H,3H2,1-2H3,(H,22,24). The summed E-state index contributed by atoms with van der Waals surface area (Å²) in [4.78, 5) is 4.57. The van der Waals surface area contributed by atoms with Gasteiger partial charge in [0.25, 0.3) is 0 Å². The van der Waals surface area contributed by atoms with Gasteiger partial charge in [-0.2, -0.15) is 4.98 Å². The number of fused-ring (bicyclic) bond motifs is 1. The molecule has 0 bridgehead atoms. The summed E-state index contributed by atoms with van der Waals surface area (Å²) in [5, 5.41) is 7.86. The maximum atomic E-state index is 5.47. The van der Waals surface area contributed by atoms with Gasteiger partial charge in [0.05, 0.1) is 19.4 Å².